The summed E-state index contributed by atoms with van der Waals surface area (Å²) < 4.78 is 5.68. The second-order valence-electron chi connectivity index (χ2n) is 8.89. The molecule has 192 valence electrons. The molecule has 6 rings (SSSR count). The molecule has 2 aromatic heterocycles. The first-order chi connectivity index (χ1) is 19.2. The van der Waals surface area contributed by atoms with Gasteiger partial charge < -0.3 is 9.57 Å². The van der Waals surface area contributed by atoms with Gasteiger partial charge in [-0.3, -0.25) is 0 Å². The van der Waals surface area contributed by atoms with Gasteiger partial charge >= 0.3 is 5.97 Å². The zero-order valence-electron chi connectivity index (χ0n) is 21.2. The van der Waals surface area contributed by atoms with E-state index in [2.05, 4.69) is 58.6 Å². The minimum atomic E-state index is -0.514. The number of nitrogens with zero attached hydrogens (tertiary/aromatic N) is 4. The molecule has 0 unspecified atom stereocenters. The largest absolute Gasteiger partial charge is 0.494 e. The van der Waals surface area contributed by atoms with Gasteiger partial charge in [0, 0.05) is 11.8 Å². The number of hydrogen-bond donors (Lipinski definition) is 0. The second-order valence-corrected chi connectivity index (χ2v) is 9.92. The average molecular weight is 533 g/mol. The van der Waals surface area contributed by atoms with E-state index < -0.39 is 5.97 Å². The van der Waals surface area contributed by atoms with E-state index in [9.17, 15) is 4.79 Å². The summed E-state index contributed by atoms with van der Waals surface area (Å²) in [5.41, 5.74) is 6.01. The number of fused-ring (bicyclic) bond motifs is 1. The third-order valence-electron chi connectivity index (χ3n) is 6.19. The normalized spacial score (nSPS) is 11.0. The molecule has 4 aromatic carbocycles. The van der Waals surface area contributed by atoms with Gasteiger partial charge in [0.1, 0.15) is 21.8 Å². The molecule has 0 fully saturated rings. The van der Waals surface area contributed by atoms with E-state index in [4.69, 9.17) is 9.57 Å². The summed E-state index contributed by atoms with van der Waals surface area (Å²) in [6.07, 6.45) is 2.87. The van der Waals surface area contributed by atoms with Crippen LogP contribution in [0.25, 0.3) is 43.2 Å². The molecule has 0 amide bonds. The van der Waals surface area contributed by atoms with Crippen LogP contribution in [-0.4, -0.2) is 32.7 Å². The number of hydrogen-bond acceptors (Lipinski definition) is 7. The van der Waals surface area contributed by atoms with Crippen molar-refractivity contribution in [3.05, 3.63) is 109 Å². The van der Waals surface area contributed by atoms with E-state index in [0.717, 1.165) is 55.8 Å². The van der Waals surface area contributed by atoms with Crippen LogP contribution in [0, 0.1) is 0 Å². The van der Waals surface area contributed by atoms with Crippen LogP contribution in [0.2, 0.25) is 0 Å². The van der Waals surface area contributed by atoms with Crippen molar-refractivity contribution in [1.82, 2.24) is 20.1 Å². The Morgan fingerprint density at radius 2 is 1.49 bits per heavy atom. The molecule has 0 saturated carbocycles. The second kappa shape index (κ2) is 10.9. The fourth-order valence-corrected chi connectivity index (χ4v) is 5.05. The maximum atomic E-state index is 12.7. The van der Waals surface area contributed by atoms with Gasteiger partial charge in [-0.1, -0.05) is 72.4 Å². The summed E-state index contributed by atoms with van der Waals surface area (Å²) in [4.78, 5) is 24.9. The van der Waals surface area contributed by atoms with Crippen LogP contribution in [0.4, 0.5) is 0 Å². The fraction of sp³-hybridized carbons (Fsp3) is 0.0968. The van der Waals surface area contributed by atoms with Crippen LogP contribution in [0.15, 0.2) is 103 Å². The molecular weight excluding hydrogens is 508 g/mol. The molecule has 0 aliphatic carbocycles. The van der Waals surface area contributed by atoms with Gasteiger partial charge in [0.2, 0.25) is 0 Å². The SMILES string of the molecule is CCCOc1ccc(-c2ccc(-c3cnc(-c4ccc(C(=O)On5nnc6ccccc65)cc4)s3)cc2)cc1. The summed E-state index contributed by atoms with van der Waals surface area (Å²) in [5.74, 6) is 0.378. The first kappa shape index (κ1) is 24.5. The van der Waals surface area contributed by atoms with Gasteiger partial charge in [0.05, 0.1) is 17.0 Å². The van der Waals surface area contributed by atoms with Crippen molar-refractivity contribution in [3.63, 3.8) is 0 Å². The number of para-hydroxylation sites is 1. The van der Waals surface area contributed by atoms with Crippen molar-refractivity contribution in [2.24, 2.45) is 0 Å². The Bertz CT molecular complexity index is 1720. The lowest BCUT2D eigenvalue weighted by atomic mass is 10.0. The van der Waals surface area contributed by atoms with Crippen LogP contribution >= 0.6 is 11.3 Å². The Morgan fingerprint density at radius 3 is 2.23 bits per heavy atom. The van der Waals surface area contributed by atoms with Gasteiger partial charge in [-0.25, -0.2) is 9.78 Å². The smallest absolute Gasteiger partial charge is 0.365 e. The summed E-state index contributed by atoms with van der Waals surface area (Å²) in [6.45, 7) is 2.82. The topological polar surface area (TPSA) is 79.1 Å². The Hall–Kier alpha value is -4.82. The number of rotatable bonds is 8. The molecule has 2 heterocycles. The standard InChI is InChI=1S/C31H24N4O3S/c1-2-19-37-26-17-15-22(16-18-26)21-7-9-23(10-8-21)29-20-32-30(39-29)24-11-13-25(14-12-24)31(36)38-35-28-6-4-3-5-27(28)33-34-35/h3-18,20H,2,19H2,1H3. The third kappa shape index (κ3) is 5.28. The number of carbonyl (C=O) groups excluding carboxylic acids is 1. The van der Waals surface area contributed by atoms with Gasteiger partial charge in [-0.2, -0.15) is 0 Å². The van der Waals surface area contributed by atoms with Gasteiger partial charge in [-0.05, 0) is 64.7 Å². The molecular formula is C31H24N4O3S. The Kier molecular flexibility index (Phi) is 6.84. The van der Waals surface area contributed by atoms with E-state index >= 15 is 0 Å². The van der Waals surface area contributed by atoms with Crippen LogP contribution in [0.3, 0.4) is 0 Å². The first-order valence-corrected chi connectivity index (χ1v) is 13.4. The molecule has 0 aliphatic heterocycles. The molecule has 6 aromatic rings. The average Bonchev–Trinajstić information content (AvgIpc) is 3.65. The summed E-state index contributed by atoms with van der Waals surface area (Å²) in [5, 5.41) is 8.78. The number of ether oxygens (including phenoxy) is 1. The lowest BCUT2D eigenvalue weighted by Crippen LogP contribution is -2.20. The van der Waals surface area contributed by atoms with Crippen LogP contribution in [0.1, 0.15) is 23.7 Å². The van der Waals surface area contributed by atoms with Crippen molar-refractivity contribution in [2.45, 2.75) is 13.3 Å². The molecule has 0 atom stereocenters. The van der Waals surface area contributed by atoms with E-state index in [1.54, 1.807) is 35.6 Å². The summed E-state index contributed by atoms with van der Waals surface area (Å²) in [6, 6.07) is 31.1. The lowest BCUT2D eigenvalue weighted by molar-refractivity contribution is 0.0409. The Labute approximate surface area is 229 Å². The highest BCUT2D eigenvalue weighted by molar-refractivity contribution is 7.18. The van der Waals surface area contributed by atoms with Crippen molar-refractivity contribution >= 4 is 28.3 Å². The summed E-state index contributed by atoms with van der Waals surface area (Å²) >= 11 is 1.60. The molecule has 8 heteroatoms. The fourth-order valence-electron chi connectivity index (χ4n) is 4.13. The van der Waals surface area contributed by atoms with Crippen LogP contribution in [-0.2, 0) is 0 Å². The lowest BCUT2D eigenvalue weighted by Gasteiger charge is -2.07. The Balaban J connectivity index is 1.13. The van der Waals surface area contributed by atoms with Gasteiger partial charge in [-0.15, -0.1) is 16.4 Å². The van der Waals surface area contributed by atoms with E-state index in [1.807, 2.05) is 42.6 Å². The zero-order valence-corrected chi connectivity index (χ0v) is 22.0. The highest BCUT2D eigenvalue weighted by Gasteiger charge is 2.14. The Morgan fingerprint density at radius 1 is 0.821 bits per heavy atom. The van der Waals surface area contributed by atoms with E-state index in [1.165, 1.54) is 0 Å². The maximum Gasteiger partial charge on any atom is 0.365 e. The number of carbonyl (C=O) groups is 1. The van der Waals surface area contributed by atoms with E-state index in [-0.39, 0.29) is 0 Å². The number of benzene rings is 4. The monoisotopic (exact) mass is 532 g/mol. The zero-order chi connectivity index (χ0) is 26.6. The number of thiazole rings is 1. The van der Waals surface area contributed by atoms with Crippen molar-refractivity contribution in [1.29, 1.82) is 0 Å². The third-order valence-corrected chi connectivity index (χ3v) is 7.29. The minimum absolute atomic E-state index is 0.413. The van der Waals surface area contributed by atoms with E-state index in [0.29, 0.717) is 16.6 Å². The molecule has 0 N–H and O–H groups in total. The van der Waals surface area contributed by atoms with Gasteiger partial charge in [0.25, 0.3) is 0 Å². The molecule has 0 saturated heterocycles. The number of aromatic nitrogens is 4. The van der Waals surface area contributed by atoms with Crippen molar-refractivity contribution < 1.29 is 14.4 Å². The molecule has 0 bridgehead atoms. The predicted molar refractivity (Wildman–Crippen MR) is 153 cm³/mol. The first-order valence-electron chi connectivity index (χ1n) is 12.6. The molecule has 7 nitrogen and oxygen atoms in total. The highest BCUT2D eigenvalue weighted by Crippen LogP contribution is 2.33. The van der Waals surface area contributed by atoms with Crippen LogP contribution in [0.5, 0.6) is 5.75 Å². The van der Waals surface area contributed by atoms with Crippen molar-refractivity contribution in [3.8, 4) is 37.9 Å². The van der Waals surface area contributed by atoms with Gasteiger partial charge in [0.15, 0.2) is 0 Å². The minimum Gasteiger partial charge on any atom is -0.494 e. The maximum absolute atomic E-state index is 12.7. The summed E-state index contributed by atoms with van der Waals surface area (Å²) in [7, 11) is 0. The molecule has 0 spiro atoms. The molecule has 0 aliphatic rings. The predicted octanol–water partition coefficient (Wildman–Crippen LogP) is 6.95. The van der Waals surface area contributed by atoms with Crippen LogP contribution < -0.4 is 9.57 Å². The quantitative estimate of drug-likeness (QED) is 0.198. The highest BCUT2D eigenvalue weighted by atomic mass is 32.1. The van der Waals surface area contributed by atoms with Crippen molar-refractivity contribution in [2.75, 3.05) is 6.61 Å². The molecule has 39 heavy (non-hydrogen) atoms. The molecule has 0 radical (unpaired) electrons.